The van der Waals surface area contributed by atoms with E-state index in [0.717, 1.165) is 25.9 Å². The van der Waals surface area contributed by atoms with E-state index in [1.54, 1.807) is 0 Å². The Morgan fingerprint density at radius 2 is 1.95 bits per heavy atom. The standard InChI is InChI=1S/C16H26N4O/c1-11(2)18-16(21)19-8-6-14(7-9-19)20-12(3)10-17-15(20)13-4-5-13/h10-11,13-14H,4-9H2,1-3H3,(H,18,21). The maximum absolute atomic E-state index is 12.0. The smallest absolute Gasteiger partial charge is 0.317 e. The minimum atomic E-state index is 0.0771. The van der Waals surface area contributed by atoms with E-state index in [0.29, 0.717) is 12.0 Å². The van der Waals surface area contributed by atoms with Crippen molar-refractivity contribution in [1.29, 1.82) is 0 Å². The third-order valence-electron chi connectivity index (χ3n) is 4.48. The van der Waals surface area contributed by atoms with Gasteiger partial charge in [-0.1, -0.05) is 0 Å². The zero-order valence-corrected chi connectivity index (χ0v) is 13.3. The van der Waals surface area contributed by atoms with E-state index in [-0.39, 0.29) is 12.1 Å². The zero-order valence-electron chi connectivity index (χ0n) is 13.3. The molecule has 1 N–H and O–H groups in total. The molecule has 0 atom stereocenters. The van der Waals surface area contributed by atoms with Crippen molar-refractivity contribution in [3.05, 3.63) is 17.7 Å². The van der Waals surface area contributed by atoms with Crippen molar-refractivity contribution in [1.82, 2.24) is 19.8 Å². The molecule has 2 heterocycles. The van der Waals surface area contributed by atoms with Gasteiger partial charge < -0.3 is 14.8 Å². The summed E-state index contributed by atoms with van der Waals surface area (Å²) >= 11 is 0. The van der Waals surface area contributed by atoms with Crippen LogP contribution in [-0.4, -0.2) is 39.6 Å². The molecule has 1 saturated carbocycles. The first-order valence-electron chi connectivity index (χ1n) is 8.15. The van der Waals surface area contributed by atoms with E-state index in [1.165, 1.54) is 24.4 Å². The van der Waals surface area contributed by atoms with Crippen molar-refractivity contribution in [3.8, 4) is 0 Å². The molecule has 2 fully saturated rings. The van der Waals surface area contributed by atoms with Crippen molar-refractivity contribution >= 4 is 6.03 Å². The van der Waals surface area contributed by atoms with Crippen molar-refractivity contribution < 1.29 is 4.79 Å². The lowest BCUT2D eigenvalue weighted by atomic mass is 10.0. The van der Waals surface area contributed by atoms with Gasteiger partial charge in [0.2, 0.25) is 0 Å². The van der Waals surface area contributed by atoms with Gasteiger partial charge in [-0.2, -0.15) is 0 Å². The number of imidazole rings is 1. The van der Waals surface area contributed by atoms with Crippen LogP contribution in [0.4, 0.5) is 4.79 Å². The second-order valence-electron chi connectivity index (χ2n) is 6.72. The van der Waals surface area contributed by atoms with Gasteiger partial charge in [0, 0.05) is 43.0 Å². The normalized spacial score (nSPS) is 20.1. The second kappa shape index (κ2) is 5.70. The zero-order chi connectivity index (χ0) is 15.0. The minimum Gasteiger partial charge on any atom is -0.336 e. The van der Waals surface area contributed by atoms with Crippen molar-refractivity contribution in [2.45, 2.75) is 64.5 Å². The summed E-state index contributed by atoms with van der Waals surface area (Å²) in [4.78, 5) is 18.6. The average molecular weight is 290 g/mol. The van der Waals surface area contributed by atoms with Crippen LogP contribution >= 0.6 is 0 Å². The molecule has 116 valence electrons. The van der Waals surface area contributed by atoms with Crippen LogP contribution in [0.5, 0.6) is 0 Å². The molecule has 3 rings (SSSR count). The molecule has 0 spiro atoms. The number of nitrogens with zero attached hydrogens (tertiary/aromatic N) is 3. The van der Waals surface area contributed by atoms with Crippen molar-refractivity contribution in [2.75, 3.05) is 13.1 Å². The Bertz CT molecular complexity index is 510. The summed E-state index contributed by atoms with van der Waals surface area (Å²) in [6, 6.07) is 0.784. The Kier molecular flexibility index (Phi) is 3.91. The molecular formula is C16H26N4O. The Morgan fingerprint density at radius 1 is 1.29 bits per heavy atom. The lowest BCUT2D eigenvalue weighted by molar-refractivity contribution is 0.168. The third-order valence-corrected chi connectivity index (χ3v) is 4.48. The molecule has 0 radical (unpaired) electrons. The summed E-state index contributed by atoms with van der Waals surface area (Å²) in [7, 11) is 0. The first kappa shape index (κ1) is 14.4. The molecule has 1 aromatic heterocycles. The lowest BCUT2D eigenvalue weighted by Gasteiger charge is -2.34. The van der Waals surface area contributed by atoms with Crippen LogP contribution in [0.1, 0.15) is 63.0 Å². The van der Waals surface area contributed by atoms with Crippen LogP contribution in [0.15, 0.2) is 6.20 Å². The average Bonchev–Trinajstić information content (AvgIpc) is 3.21. The molecule has 0 aromatic carbocycles. The molecule has 0 unspecified atom stereocenters. The van der Waals surface area contributed by atoms with E-state index in [2.05, 4.69) is 21.8 Å². The van der Waals surface area contributed by atoms with Crippen LogP contribution in [0.3, 0.4) is 0 Å². The number of rotatable bonds is 3. The number of aryl methyl sites for hydroxylation is 1. The molecule has 0 bridgehead atoms. The van der Waals surface area contributed by atoms with Crippen LogP contribution < -0.4 is 5.32 Å². The highest BCUT2D eigenvalue weighted by Gasteiger charge is 2.32. The molecule has 21 heavy (non-hydrogen) atoms. The summed E-state index contributed by atoms with van der Waals surface area (Å²) < 4.78 is 2.44. The number of hydrogen-bond acceptors (Lipinski definition) is 2. The van der Waals surface area contributed by atoms with Gasteiger partial charge in [0.25, 0.3) is 0 Å². The van der Waals surface area contributed by atoms with Gasteiger partial charge in [-0.3, -0.25) is 0 Å². The minimum absolute atomic E-state index is 0.0771. The van der Waals surface area contributed by atoms with Gasteiger partial charge in [0.15, 0.2) is 0 Å². The summed E-state index contributed by atoms with van der Waals surface area (Å²) in [6.07, 6.45) is 6.63. The summed E-state index contributed by atoms with van der Waals surface area (Å²) in [5, 5.41) is 2.98. The maximum Gasteiger partial charge on any atom is 0.317 e. The molecule has 1 aliphatic heterocycles. The highest BCUT2D eigenvalue weighted by atomic mass is 16.2. The lowest BCUT2D eigenvalue weighted by Crippen LogP contribution is -2.46. The summed E-state index contributed by atoms with van der Waals surface area (Å²) in [6.45, 7) is 7.83. The van der Waals surface area contributed by atoms with E-state index in [9.17, 15) is 4.79 Å². The predicted octanol–water partition coefficient (Wildman–Crippen LogP) is 2.82. The van der Waals surface area contributed by atoms with Gasteiger partial charge in [0.1, 0.15) is 5.82 Å². The third kappa shape index (κ3) is 3.06. The Morgan fingerprint density at radius 3 is 2.52 bits per heavy atom. The molecule has 5 heteroatoms. The van der Waals surface area contributed by atoms with Gasteiger partial charge in [0.05, 0.1) is 0 Å². The monoisotopic (exact) mass is 290 g/mol. The van der Waals surface area contributed by atoms with Gasteiger partial charge in [-0.15, -0.1) is 0 Å². The van der Waals surface area contributed by atoms with Crippen molar-refractivity contribution in [3.63, 3.8) is 0 Å². The van der Waals surface area contributed by atoms with E-state index in [4.69, 9.17) is 0 Å². The molecule has 1 aliphatic carbocycles. The Hall–Kier alpha value is -1.52. The van der Waals surface area contributed by atoms with Gasteiger partial charge in [-0.25, -0.2) is 9.78 Å². The van der Waals surface area contributed by atoms with Crippen molar-refractivity contribution in [2.24, 2.45) is 0 Å². The molecule has 2 amide bonds. The Balaban J connectivity index is 1.63. The fourth-order valence-corrected chi connectivity index (χ4v) is 3.25. The highest BCUT2D eigenvalue weighted by molar-refractivity contribution is 5.74. The number of carbonyl (C=O) groups excluding carboxylic acids is 1. The number of amides is 2. The summed E-state index contributed by atoms with van der Waals surface area (Å²) in [5.74, 6) is 1.96. The quantitative estimate of drug-likeness (QED) is 0.930. The van der Waals surface area contributed by atoms with E-state index in [1.807, 2.05) is 24.9 Å². The second-order valence-corrected chi connectivity index (χ2v) is 6.72. The number of hydrogen-bond donors (Lipinski definition) is 1. The largest absolute Gasteiger partial charge is 0.336 e. The highest BCUT2D eigenvalue weighted by Crippen LogP contribution is 2.41. The molecule has 2 aliphatic rings. The molecule has 1 saturated heterocycles. The van der Waals surface area contributed by atoms with Crippen LogP contribution in [0.25, 0.3) is 0 Å². The molecular weight excluding hydrogens is 264 g/mol. The van der Waals surface area contributed by atoms with E-state index < -0.39 is 0 Å². The number of piperidine rings is 1. The fourth-order valence-electron chi connectivity index (χ4n) is 3.25. The first-order valence-corrected chi connectivity index (χ1v) is 8.15. The fraction of sp³-hybridized carbons (Fsp3) is 0.750. The first-order chi connectivity index (χ1) is 10.1. The Labute approximate surface area is 126 Å². The van der Waals surface area contributed by atoms with Gasteiger partial charge in [-0.05, 0) is 46.5 Å². The predicted molar refractivity (Wildman–Crippen MR) is 82.5 cm³/mol. The van der Waals surface area contributed by atoms with Crippen LogP contribution in [0.2, 0.25) is 0 Å². The number of nitrogens with one attached hydrogen (secondary N) is 1. The number of likely N-dealkylation sites (tertiary alicyclic amines) is 1. The van der Waals surface area contributed by atoms with E-state index >= 15 is 0 Å². The van der Waals surface area contributed by atoms with Crippen LogP contribution in [0, 0.1) is 6.92 Å². The number of aromatic nitrogens is 2. The summed E-state index contributed by atoms with van der Waals surface area (Å²) in [5.41, 5.74) is 1.27. The SMILES string of the molecule is Cc1cnc(C2CC2)n1C1CCN(C(=O)NC(C)C)CC1. The van der Waals surface area contributed by atoms with Crippen LogP contribution in [-0.2, 0) is 0 Å². The maximum atomic E-state index is 12.0. The molecule has 5 nitrogen and oxygen atoms in total. The van der Waals surface area contributed by atoms with Gasteiger partial charge >= 0.3 is 6.03 Å². The topological polar surface area (TPSA) is 50.2 Å². The number of carbonyl (C=O) groups is 1. The number of urea groups is 1. The molecule has 1 aromatic rings.